The molecule has 0 aliphatic rings. The van der Waals surface area contributed by atoms with E-state index in [1.54, 1.807) is 14.2 Å². The summed E-state index contributed by atoms with van der Waals surface area (Å²) in [6.45, 7) is 1.94. The zero-order chi connectivity index (χ0) is 23.2. The van der Waals surface area contributed by atoms with E-state index in [9.17, 15) is 4.79 Å². The average molecular weight is 445 g/mol. The van der Waals surface area contributed by atoms with Crippen LogP contribution in [0.2, 0.25) is 0 Å². The zero-order valence-corrected chi connectivity index (χ0v) is 19.0. The summed E-state index contributed by atoms with van der Waals surface area (Å²) in [6.07, 6.45) is 0.574. The number of rotatable bonds is 8. The predicted molar refractivity (Wildman–Crippen MR) is 129 cm³/mol. The maximum absolute atomic E-state index is 13.0. The van der Waals surface area contributed by atoms with E-state index >= 15 is 0 Å². The molecule has 0 unspecified atom stereocenters. The Balaban J connectivity index is 1.53. The molecule has 0 spiro atoms. The lowest BCUT2D eigenvalue weighted by molar-refractivity contribution is 0.233. The Kier molecular flexibility index (Phi) is 6.78. The largest absolute Gasteiger partial charge is 0.497 e. The Morgan fingerprint density at radius 3 is 2.42 bits per heavy atom. The minimum absolute atomic E-state index is 0.197. The van der Waals surface area contributed by atoms with Gasteiger partial charge in [0.05, 0.1) is 37.3 Å². The van der Waals surface area contributed by atoms with Gasteiger partial charge in [-0.15, -0.1) is 0 Å². The van der Waals surface area contributed by atoms with Crippen molar-refractivity contribution in [1.29, 1.82) is 0 Å². The first kappa shape index (κ1) is 22.2. The SMILES string of the molecule is COc1ccc(C[C@@H](NC(=O)N[C@H](C)c2cccc(OC)c2)c2nc3ccccc3[nH]2)cc1. The molecule has 2 atom stereocenters. The van der Waals surface area contributed by atoms with Crippen molar-refractivity contribution in [2.24, 2.45) is 0 Å². The van der Waals surface area contributed by atoms with Gasteiger partial charge in [0, 0.05) is 0 Å². The Hall–Kier alpha value is -4.00. The highest BCUT2D eigenvalue weighted by molar-refractivity contribution is 5.76. The molecule has 4 rings (SSSR count). The third-order valence-electron chi connectivity index (χ3n) is 5.58. The normalized spacial score (nSPS) is 12.7. The summed E-state index contributed by atoms with van der Waals surface area (Å²) in [5, 5.41) is 6.11. The molecular formula is C26H28N4O3. The van der Waals surface area contributed by atoms with Crippen LogP contribution in [0.25, 0.3) is 11.0 Å². The van der Waals surface area contributed by atoms with Crippen molar-refractivity contribution in [3.05, 3.63) is 89.7 Å². The number of nitrogens with zero attached hydrogens (tertiary/aromatic N) is 1. The lowest BCUT2D eigenvalue weighted by Gasteiger charge is -2.20. The fraction of sp³-hybridized carbons (Fsp3) is 0.231. The van der Waals surface area contributed by atoms with Gasteiger partial charge in [0.15, 0.2) is 0 Å². The second kappa shape index (κ2) is 10.1. The Morgan fingerprint density at radius 2 is 1.70 bits per heavy atom. The number of aromatic amines is 1. The lowest BCUT2D eigenvalue weighted by atomic mass is 10.1. The average Bonchev–Trinajstić information content (AvgIpc) is 3.28. The molecule has 1 aromatic heterocycles. The molecule has 3 aromatic carbocycles. The summed E-state index contributed by atoms with van der Waals surface area (Å²) in [5.74, 6) is 2.24. The van der Waals surface area contributed by atoms with Crippen LogP contribution in [0.1, 0.15) is 36.0 Å². The maximum Gasteiger partial charge on any atom is 0.315 e. The van der Waals surface area contributed by atoms with Crippen LogP contribution >= 0.6 is 0 Å². The molecule has 7 nitrogen and oxygen atoms in total. The molecular weight excluding hydrogens is 416 g/mol. The number of fused-ring (bicyclic) bond motifs is 1. The summed E-state index contributed by atoms with van der Waals surface area (Å²) < 4.78 is 10.6. The second-order valence-electron chi connectivity index (χ2n) is 7.86. The molecule has 1 heterocycles. The number of carbonyl (C=O) groups excluding carboxylic acids is 1. The number of methoxy groups -OCH3 is 2. The molecule has 7 heteroatoms. The van der Waals surface area contributed by atoms with Crippen molar-refractivity contribution >= 4 is 17.1 Å². The van der Waals surface area contributed by atoms with Gasteiger partial charge < -0.3 is 25.1 Å². The highest BCUT2D eigenvalue weighted by Gasteiger charge is 2.20. The number of ether oxygens (including phenoxy) is 2. The van der Waals surface area contributed by atoms with Gasteiger partial charge in [0.2, 0.25) is 0 Å². The molecule has 0 bridgehead atoms. The number of urea groups is 1. The van der Waals surface area contributed by atoms with Gasteiger partial charge in [-0.3, -0.25) is 0 Å². The first-order valence-corrected chi connectivity index (χ1v) is 10.8. The van der Waals surface area contributed by atoms with Crippen molar-refractivity contribution < 1.29 is 14.3 Å². The number of benzene rings is 3. The maximum atomic E-state index is 13.0. The smallest absolute Gasteiger partial charge is 0.315 e. The van der Waals surface area contributed by atoms with Gasteiger partial charge in [0.1, 0.15) is 17.3 Å². The Morgan fingerprint density at radius 1 is 0.939 bits per heavy atom. The molecule has 33 heavy (non-hydrogen) atoms. The van der Waals surface area contributed by atoms with Crippen LogP contribution in [0, 0.1) is 0 Å². The zero-order valence-electron chi connectivity index (χ0n) is 19.0. The fourth-order valence-electron chi connectivity index (χ4n) is 3.74. The van der Waals surface area contributed by atoms with Crippen molar-refractivity contribution in [2.45, 2.75) is 25.4 Å². The van der Waals surface area contributed by atoms with E-state index in [2.05, 4.69) is 15.6 Å². The van der Waals surface area contributed by atoms with E-state index in [0.717, 1.165) is 33.7 Å². The number of imidazole rings is 1. The van der Waals surface area contributed by atoms with Crippen LogP contribution in [0.15, 0.2) is 72.8 Å². The molecule has 0 saturated heterocycles. The van der Waals surface area contributed by atoms with Gasteiger partial charge in [-0.25, -0.2) is 9.78 Å². The second-order valence-corrected chi connectivity index (χ2v) is 7.86. The van der Waals surface area contributed by atoms with Crippen molar-refractivity contribution in [2.75, 3.05) is 14.2 Å². The highest BCUT2D eigenvalue weighted by Crippen LogP contribution is 2.22. The molecule has 0 radical (unpaired) electrons. The molecule has 4 aromatic rings. The summed E-state index contributed by atoms with van der Waals surface area (Å²) in [7, 11) is 3.27. The molecule has 0 saturated carbocycles. The van der Waals surface area contributed by atoms with E-state index in [0.29, 0.717) is 12.2 Å². The molecule has 3 N–H and O–H groups in total. The minimum Gasteiger partial charge on any atom is -0.497 e. The third-order valence-corrected chi connectivity index (χ3v) is 5.58. The van der Waals surface area contributed by atoms with E-state index < -0.39 is 0 Å². The van der Waals surface area contributed by atoms with Crippen molar-refractivity contribution in [3.63, 3.8) is 0 Å². The van der Waals surface area contributed by atoms with Crippen LogP contribution in [0.4, 0.5) is 4.79 Å². The van der Waals surface area contributed by atoms with E-state index in [1.807, 2.05) is 79.7 Å². The van der Waals surface area contributed by atoms with E-state index in [-0.39, 0.29) is 18.1 Å². The van der Waals surface area contributed by atoms with Crippen molar-refractivity contribution in [3.8, 4) is 11.5 Å². The molecule has 170 valence electrons. The number of hydrogen-bond acceptors (Lipinski definition) is 4. The van der Waals surface area contributed by atoms with Gasteiger partial charge >= 0.3 is 6.03 Å². The first-order valence-electron chi connectivity index (χ1n) is 10.8. The summed E-state index contributed by atoms with van der Waals surface area (Å²) in [5.41, 5.74) is 3.81. The number of aromatic nitrogens is 2. The summed E-state index contributed by atoms with van der Waals surface area (Å²) in [4.78, 5) is 21.0. The molecule has 2 amide bonds. The summed E-state index contributed by atoms with van der Waals surface area (Å²) >= 11 is 0. The predicted octanol–water partition coefficient (Wildman–Crippen LogP) is 4.92. The number of hydrogen-bond donors (Lipinski definition) is 3. The van der Waals surface area contributed by atoms with Crippen molar-refractivity contribution in [1.82, 2.24) is 20.6 Å². The van der Waals surface area contributed by atoms with Crippen LogP contribution in [-0.2, 0) is 6.42 Å². The first-order chi connectivity index (χ1) is 16.1. The Labute approximate surface area is 193 Å². The number of nitrogens with one attached hydrogen (secondary N) is 3. The van der Waals surface area contributed by atoms with Gasteiger partial charge in [-0.1, -0.05) is 36.4 Å². The van der Waals surface area contributed by atoms with E-state index in [1.165, 1.54) is 0 Å². The molecule has 0 aliphatic heterocycles. The van der Waals surface area contributed by atoms with Crippen LogP contribution < -0.4 is 20.1 Å². The van der Waals surface area contributed by atoms with Gasteiger partial charge in [-0.05, 0) is 60.9 Å². The van der Waals surface area contributed by atoms with Gasteiger partial charge in [0.25, 0.3) is 0 Å². The fourth-order valence-corrected chi connectivity index (χ4v) is 3.74. The quantitative estimate of drug-likeness (QED) is 0.360. The summed E-state index contributed by atoms with van der Waals surface area (Å²) in [6, 6.07) is 22.5. The van der Waals surface area contributed by atoms with Crippen LogP contribution in [-0.4, -0.2) is 30.2 Å². The molecule has 0 aliphatic carbocycles. The number of carbonyl (C=O) groups is 1. The van der Waals surface area contributed by atoms with E-state index in [4.69, 9.17) is 14.5 Å². The van der Waals surface area contributed by atoms with Gasteiger partial charge in [-0.2, -0.15) is 0 Å². The number of para-hydroxylation sites is 2. The Bertz CT molecular complexity index is 1190. The monoisotopic (exact) mass is 444 g/mol. The standard InChI is InChI=1S/C26H28N4O3/c1-17(19-7-6-8-21(16-19)33-3)27-26(31)30-24(15-18-11-13-20(32-2)14-12-18)25-28-22-9-4-5-10-23(22)29-25/h4-14,16-17,24H,15H2,1-3H3,(H,28,29)(H2,27,30,31)/t17-,24-/m1/s1. The van der Waals surface area contributed by atoms with Crippen LogP contribution in [0.3, 0.4) is 0 Å². The highest BCUT2D eigenvalue weighted by atomic mass is 16.5. The minimum atomic E-state index is -0.344. The number of H-pyrrole nitrogens is 1. The lowest BCUT2D eigenvalue weighted by Crippen LogP contribution is -2.40. The topological polar surface area (TPSA) is 88.3 Å². The third kappa shape index (κ3) is 5.44. The number of amides is 2. The van der Waals surface area contributed by atoms with Crippen LogP contribution in [0.5, 0.6) is 11.5 Å². The molecule has 0 fully saturated rings.